The third kappa shape index (κ3) is 4.06. The number of fused-ring (bicyclic) bond motifs is 3. The van der Waals surface area contributed by atoms with Crippen molar-refractivity contribution in [1.82, 2.24) is 10.2 Å². The minimum Gasteiger partial charge on any atom is -0.392 e. The second-order valence-corrected chi connectivity index (χ2v) is 10.7. The number of carbonyl (C=O) groups is 1. The van der Waals surface area contributed by atoms with Crippen LogP contribution in [0.4, 0.5) is 4.39 Å². The van der Waals surface area contributed by atoms with E-state index in [1.54, 1.807) is 17.8 Å². The van der Waals surface area contributed by atoms with E-state index in [0.717, 1.165) is 44.5 Å². The van der Waals surface area contributed by atoms with Crippen LogP contribution in [0.5, 0.6) is 0 Å². The Labute approximate surface area is 187 Å². The average Bonchev–Trinajstić information content (AvgIpc) is 3.27. The normalized spacial score (nSPS) is 36.2. The van der Waals surface area contributed by atoms with Crippen molar-refractivity contribution in [2.75, 3.05) is 19.6 Å². The number of allylic oxidation sites excluding steroid dienone is 1. The predicted molar refractivity (Wildman–Crippen MR) is 121 cm³/mol. The second kappa shape index (κ2) is 8.85. The van der Waals surface area contributed by atoms with Crippen molar-refractivity contribution < 1.29 is 14.3 Å². The molecule has 1 aliphatic carbocycles. The zero-order valence-corrected chi connectivity index (χ0v) is 18.6. The fraction of sp³-hybridized carbons (Fsp3) is 0.625. The lowest BCUT2D eigenvalue weighted by Crippen LogP contribution is -2.59. The van der Waals surface area contributed by atoms with E-state index < -0.39 is 6.10 Å². The topological polar surface area (TPSA) is 78.6 Å². The van der Waals surface area contributed by atoms with Gasteiger partial charge in [-0.1, -0.05) is 18.2 Å². The van der Waals surface area contributed by atoms with Gasteiger partial charge in [0, 0.05) is 30.0 Å². The van der Waals surface area contributed by atoms with E-state index in [1.807, 2.05) is 17.5 Å². The minimum atomic E-state index is -0.517. The molecule has 1 aromatic rings. The first-order valence-corrected chi connectivity index (χ1v) is 12.5. The Hall–Kier alpha value is -1.41. The predicted octanol–water partition coefficient (Wildman–Crippen LogP) is 2.59. The molecule has 0 radical (unpaired) electrons. The molecule has 5 nitrogen and oxygen atoms in total. The molecule has 31 heavy (non-hydrogen) atoms. The minimum absolute atomic E-state index is 0.0390. The third-order valence-electron chi connectivity index (χ3n) is 7.87. The van der Waals surface area contributed by atoms with Crippen LogP contribution in [0.2, 0.25) is 0 Å². The lowest BCUT2D eigenvalue weighted by molar-refractivity contribution is -0.126. The summed E-state index contributed by atoms with van der Waals surface area (Å²) in [5, 5.41) is 16.0. The Morgan fingerprint density at radius 3 is 2.77 bits per heavy atom. The molecule has 4 N–H and O–H groups in total. The molecule has 1 aromatic carbocycles. The number of nitrogens with two attached hydrogens (primary N) is 1. The number of carbonyl (C=O) groups excluding carboxylic acids is 1. The number of amides is 1. The molecule has 6 atom stereocenters. The van der Waals surface area contributed by atoms with Gasteiger partial charge in [0.2, 0.25) is 5.91 Å². The Kier molecular flexibility index (Phi) is 6.12. The number of aliphatic hydroxyl groups excluding tert-OH is 1. The van der Waals surface area contributed by atoms with Gasteiger partial charge in [0.1, 0.15) is 5.82 Å². The summed E-state index contributed by atoms with van der Waals surface area (Å²) in [7, 11) is 0. The number of rotatable bonds is 4. The SMILES string of the molecule is NCC1CCN(Cc2ccc(C3C(O)CCC4NC(=O)C5SC=CC5C43)cc2F)CC1. The molecule has 6 unspecified atom stereocenters. The largest absolute Gasteiger partial charge is 0.392 e. The fourth-order valence-electron chi connectivity index (χ4n) is 6.11. The van der Waals surface area contributed by atoms with Crippen LogP contribution in [-0.2, 0) is 11.3 Å². The van der Waals surface area contributed by atoms with Crippen molar-refractivity contribution in [1.29, 1.82) is 0 Å². The van der Waals surface area contributed by atoms with Gasteiger partial charge in [-0.25, -0.2) is 4.39 Å². The maximum absolute atomic E-state index is 15.2. The maximum Gasteiger partial charge on any atom is 0.234 e. The highest BCUT2D eigenvalue weighted by Gasteiger charge is 2.51. The quantitative estimate of drug-likeness (QED) is 0.664. The van der Waals surface area contributed by atoms with E-state index in [1.165, 1.54) is 0 Å². The molecule has 0 aromatic heterocycles. The zero-order valence-electron chi connectivity index (χ0n) is 17.8. The van der Waals surface area contributed by atoms with E-state index in [0.29, 0.717) is 24.4 Å². The van der Waals surface area contributed by atoms with Gasteiger partial charge < -0.3 is 16.2 Å². The Balaban J connectivity index is 1.36. The summed E-state index contributed by atoms with van der Waals surface area (Å²) in [5.74, 6) is 0.510. The number of nitrogens with one attached hydrogen (secondary N) is 1. The number of piperidine rings is 2. The highest BCUT2D eigenvalue weighted by molar-refractivity contribution is 8.03. The van der Waals surface area contributed by atoms with Gasteiger partial charge in [-0.15, -0.1) is 11.8 Å². The van der Waals surface area contributed by atoms with Crippen LogP contribution >= 0.6 is 11.8 Å². The molecule has 0 bridgehead atoms. The van der Waals surface area contributed by atoms with Crippen molar-refractivity contribution in [3.8, 4) is 0 Å². The number of thioether (sulfide) groups is 1. The van der Waals surface area contributed by atoms with Crippen molar-refractivity contribution >= 4 is 17.7 Å². The molecule has 5 rings (SSSR count). The molecule has 3 fully saturated rings. The average molecular weight is 446 g/mol. The third-order valence-corrected chi connectivity index (χ3v) is 9.01. The summed E-state index contributed by atoms with van der Waals surface area (Å²) in [6.07, 6.45) is 5.15. The molecule has 1 saturated carbocycles. The van der Waals surface area contributed by atoms with Crippen LogP contribution in [0.3, 0.4) is 0 Å². The molecular formula is C24H32FN3O2S. The van der Waals surface area contributed by atoms with Crippen LogP contribution in [0, 0.1) is 23.6 Å². The molecule has 0 spiro atoms. The Bertz CT molecular complexity index is 857. The van der Waals surface area contributed by atoms with Crippen LogP contribution in [-0.4, -0.2) is 52.9 Å². The first-order chi connectivity index (χ1) is 15.0. The maximum atomic E-state index is 15.2. The van der Waals surface area contributed by atoms with Crippen LogP contribution in [0.15, 0.2) is 29.7 Å². The van der Waals surface area contributed by atoms with E-state index in [9.17, 15) is 9.90 Å². The van der Waals surface area contributed by atoms with Gasteiger partial charge in [-0.3, -0.25) is 9.69 Å². The lowest BCUT2D eigenvalue weighted by Gasteiger charge is -2.48. The molecule has 3 heterocycles. The number of likely N-dealkylation sites (tertiary alicyclic amines) is 1. The van der Waals surface area contributed by atoms with Crippen molar-refractivity contribution in [2.45, 2.75) is 55.5 Å². The van der Waals surface area contributed by atoms with Crippen molar-refractivity contribution in [3.63, 3.8) is 0 Å². The molecule has 3 aliphatic heterocycles. The number of halogens is 1. The zero-order chi connectivity index (χ0) is 21.5. The number of nitrogens with zero attached hydrogens (tertiary/aromatic N) is 1. The van der Waals surface area contributed by atoms with E-state index in [-0.39, 0.29) is 40.8 Å². The first-order valence-electron chi connectivity index (χ1n) is 11.6. The number of hydrogen-bond donors (Lipinski definition) is 3. The Morgan fingerprint density at radius 1 is 1.23 bits per heavy atom. The van der Waals surface area contributed by atoms with Crippen LogP contribution in [0.1, 0.15) is 42.7 Å². The highest BCUT2D eigenvalue weighted by Crippen LogP contribution is 2.50. The van der Waals surface area contributed by atoms with Gasteiger partial charge in [-0.05, 0) is 74.2 Å². The number of aliphatic hydroxyl groups is 1. The molecule has 7 heteroatoms. The van der Waals surface area contributed by atoms with E-state index >= 15 is 4.39 Å². The monoisotopic (exact) mass is 445 g/mol. The molecule has 168 valence electrons. The highest BCUT2D eigenvalue weighted by atomic mass is 32.2. The van der Waals surface area contributed by atoms with Gasteiger partial charge >= 0.3 is 0 Å². The number of benzene rings is 1. The van der Waals surface area contributed by atoms with E-state index in [4.69, 9.17) is 5.73 Å². The van der Waals surface area contributed by atoms with Gasteiger partial charge in [0.15, 0.2) is 0 Å². The molecule has 2 saturated heterocycles. The first kappa shape index (κ1) is 21.4. The fourth-order valence-corrected chi connectivity index (χ4v) is 7.20. The molecule has 1 amide bonds. The second-order valence-electron chi connectivity index (χ2n) is 9.63. The number of hydrogen-bond acceptors (Lipinski definition) is 5. The van der Waals surface area contributed by atoms with Crippen molar-refractivity contribution in [3.05, 3.63) is 46.6 Å². The summed E-state index contributed by atoms with van der Waals surface area (Å²) in [5.41, 5.74) is 7.35. The van der Waals surface area contributed by atoms with Gasteiger partial charge in [-0.2, -0.15) is 0 Å². The Morgan fingerprint density at radius 2 is 2.03 bits per heavy atom. The van der Waals surface area contributed by atoms with Gasteiger partial charge in [0.25, 0.3) is 0 Å². The molecular weight excluding hydrogens is 413 g/mol. The lowest BCUT2D eigenvalue weighted by atomic mass is 9.63. The summed E-state index contributed by atoms with van der Waals surface area (Å²) in [4.78, 5) is 14.8. The van der Waals surface area contributed by atoms with Gasteiger partial charge in [0.05, 0.1) is 11.4 Å². The van der Waals surface area contributed by atoms with Crippen molar-refractivity contribution in [2.24, 2.45) is 23.5 Å². The molecule has 4 aliphatic rings. The summed E-state index contributed by atoms with van der Waals surface area (Å²) in [6.45, 7) is 3.27. The summed E-state index contributed by atoms with van der Waals surface area (Å²) < 4.78 is 15.2. The van der Waals surface area contributed by atoms with Crippen LogP contribution in [0.25, 0.3) is 0 Å². The van der Waals surface area contributed by atoms with E-state index in [2.05, 4.69) is 16.3 Å². The standard InChI is InChI=1S/C24H32FN3O2S/c25-18-11-15(1-2-16(18)13-28-8-5-14(12-26)6-9-28)21-20(29)4-3-19-22(21)17-7-10-31-23(17)24(30)27-19/h1-2,7,10-11,14,17,19-23,29H,3-6,8-9,12-13,26H2,(H,27,30). The summed E-state index contributed by atoms with van der Waals surface area (Å²) >= 11 is 1.55. The smallest absolute Gasteiger partial charge is 0.234 e. The summed E-state index contributed by atoms with van der Waals surface area (Å²) in [6, 6.07) is 5.57. The van der Waals surface area contributed by atoms with Crippen LogP contribution < -0.4 is 11.1 Å².